The number of aromatic carboxylic acids is 1. The van der Waals surface area contributed by atoms with Crippen LogP contribution in [-0.2, 0) is 0 Å². The Morgan fingerprint density at radius 2 is 2.28 bits per heavy atom. The number of carboxylic acids is 1. The number of hydrogen-bond acceptors (Lipinski definition) is 3. The number of nitrogens with zero attached hydrogens (tertiary/aromatic N) is 2. The molecule has 1 aliphatic rings. The maximum absolute atomic E-state index is 11.0. The Labute approximate surface area is 108 Å². The van der Waals surface area contributed by atoms with Crippen LogP contribution in [0.4, 0.5) is 5.82 Å². The van der Waals surface area contributed by atoms with Gasteiger partial charge in [-0.25, -0.2) is 9.78 Å². The van der Waals surface area contributed by atoms with E-state index in [1.54, 1.807) is 12.1 Å². The summed E-state index contributed by atoms with van der Waals surface area (Å²) in [6.07, 6.45) is 5.93. The van der Waals surface area contributed by atoms with Crippen molar-refractivity contribution < 1.29 is 9.90 Å². The number of hydrogen-bond donors (Lipinski definition) is 1. The third-order valence-corrected chi connectivity index (χ3v) is 3.60. The van der Waals surface area contributed by atoms with Gasteiger partial charge in [-0.05, 0) is 31.4 Å². The lowest BCUT2D eigenvalue weighted by atomic mass is 10.1. The van der Waals surface area contributed by atoms with Crippen LogP contribution in [0, 0.1) is 0 Å². The van der Waals surface area contributed by atoms with Crippen LogP contribution in [0.3, 0.4) is 0 Å². The Bertz CT molecular complexity index is 420. The third-order valence-electron chi connectivity index (χ3n) is 3.60. The summed E-state index contributed by atoms with van der Waals surface area (Å²) >= 11 is 0. The van der Waals surface area contributed by atoms with Gasteiger partial charge in [0, 0.05) is 12.6 Å². The van der Waals surface area contributed by atoms with Gasteiger partial charge in [0.15, 0.2) is 5.69 Å². The summed E-state index contributed by atoms with van der Waals surface area (Å²) in [5.74, 6) is -0.150. The van der Waals surface area contributed by atoms with E-state index in [4.69, 9.17) is 5.11 Å². The van der Waals surface area contributed by atoms with E-state index in [0.717, 1.165) is 25.2 Å². The van der Waals surface area contributed by atoms with E-state index in [-0.39, 0.29) is 5.69 Å². The molecule has 0 aliphatic carbocycles. The van der Waals surface area contributed by atoms with Crippen molar-refractivity contribution in [3.63, 3.8) is 0 Å². The van der Waals surface area contributed by atoms with Crippen molar-refractivity contribution >= 4 is 11.8 Å². The van der Waals surface area contributed by atoms with Crippen LogP contribution in [0.1, 0.15) is 49.5 Å². The van der Waals surface area contributed by atoms with Crippen molar-refractivity contribution in [2.24, 2.45) is 0 Å². The Kier molecular flexibility index (Phi) is 4.18. The average molecular weight is 248 g/mol. The molecule has 0 aromatic carbocycles. The van der Waals surface area contributed by atoms with Gasteiger partial charge < -0.3 is 10.0 Å². The molecule has 1 unspecified atom stereocenters. The molecule has 1 saturated heterocycles. The SMILES string of the molecule is CCC1CCCCCN1c1cccc(C(=O)O)n1. The van der Waals surface area contributed by atoms with E-state index in [0.29, 0.717) is 6.04 Å². The van der Waals surface area contributed by atoms with Gasteiger partial charge >= 0.3 is 5.97 Å². The van der Waals surface area contributed by atoms with E-state index < -0.39 is 5.97 Å². The van der Waals surface area contributed by atoms with Gasteiger partial charge in [-0.15, -0.1) is 0 Å². The van der Waals surface area contributed by atoms with Crippen LogP contribution in [0.5, 0.6) is 0 Å². The molecule has 1 atom stereocenters. The van der Waals surface area contributed by atoms with Gasteiger partial charge in [0.05, 0.1) is 0 Å². The van der Waals surface area contributed by atoms with Gasteiger partial charge in [0.25, 0.3) is 0 Å². The molecule has 1 aliphatic heterocycles. The fourth-order valence-electron chi connectivity index (χ4n) is 2.61. The first kappa shape index (κ1) is 12.9. The second-order valence-corrected chi connectivity index (χ2v) is 4.79. The first-order valence-electron chi connectivity index (χ1n) is 6.69. The molecule has 4 heteroatoms. The normalized spacial score (nSPS) is 20.5. The smallest absolute Gasteiger partial charge is 0.354 e. The fourth-order valence-corrected chi connectivity index (χ4v) is 2.61. The summed E-state index contributed by atoms with van der Waals surface area (Å²) in [6.45, 7) is 3.17. The standard InChI is InChI=1S/C14H20N2O2/c1-2-11-7-4-3-5-10-16(11)13-9-6-8-12(15-13)14(17)18/h6,8-9,11H,2-5,7,10H2,1H3,(H,17,18). The van der Waals surface area contributed by atoms with Gasteiger partial charge in [0.1, 0.15) is 5.82 Å². The Morgan fingerprint density at radius 3 is 3.00 bits per heavy atom. The minimum absolute atomic E-state index is 0.131. The summed E-state index contributed by atoms with van der Waals surface area (Å²) in [4.78, 5) is 17.5. The van der Waals surface area contributed by atoms with Crippen LogP contribution in [0.2, 0.25) is 0 Å². The van der Waals surface area contributed by atoms with Crippen molar-refractivity contribution in [3.05, 3.63) is 23.9 Å². The minimum Gasteiger partial charge on any atom is -0.477 e. The van der Waals surface area contributed by atoms with Crippen molar-refractivity contribution in [2.45, 2.75) is 45.1 Å². The van der Waals surface area contributed by atoms with Crippen LogP contribution in [0.15, 0.2) is 18.2 Å². The van der Waals surface area contributed by atoms with E-state index in [1.807, 2.05) is 6.07 Å². The molecule has 2 heterocycles. The largest absolute Gasteiger partial charge is 0.477 e. The molecule has 0 radical (unpaired) electrons. The average Bonchev–Trinajstić information content (AvgIpc) is 2.63. The Balaban J connectivity index is 2.26. The molecule has 1 fully saturated rings. The zero-order chi connectivity index (χ0) is 13.0. The molecular formula is C14H20N2O2. The predicted octanol–water partition coefficient (Wildman–Crippen LogP) is 2.94. The molecule has 2 rings (SSSR count). The summed E-state index contributed by atoms with van der Waals surface area (Å²) in [6, 6.07) is 5.73. The first-order chi connectivity index (χ1) is 8.72. The number of anilines is 1. The molecule has 0 amide bonds. The predicted molar refractivity (Wildman–Crippen MR) is 71.1 cm³/mol. The summed E-state index contributed by atoms with van der Waals surface area (Å²) in [7, 11) is 0. The first-order valence-corrected chi connectivity index (χ1v) is 6.69. The van der Waals surface area contributed by atoms with Crippen molar-refractivity contribution in [2.75, 3.05) is 11.4 Å². The Morgan fingerprint density at radius 1 is 1.44 bits per heavy atom. The van der Waals surface area contributed by atoms with Crippen LogP contribution < -0.4 is 4.90 Å². The highest BCUT2D eigenvalue weighted by molar-refractivity contribution is 5.85. The Hall–Kier alpha value is -1.58. The van der Waals surface area contributed by atoms with E-state index in [1.165, 1.54) is 19.3 Å². The van der Waals surface area contributed by atoms with Crippen molar-refractivity contribution in [3.8, 4) is 0 Å². The highest BCUT2D eigenvalue weighted by Gasteiger charge is 2.21. The quantitative estimate of drug-likeness (QED) is 0.893. The summed E-state index contributed by atoms with van der Waals surface area (Å²) in [5.41, 5.74) is 0.131. The lowest BCUT2D eigenvalue weighted by Crippen LogP contribution is -2.35. The molecule has 1 N–H and O–H groups in total. The highest BCUT2D eigenvalue weighted by Crippen LogP contribution is 2.24. The molecule has 0 bridgehead atoms. The molecule has 0 spiro atoms. The van der Waals surface area contributed by atoms with Crippen molar-refractivity contribution in [1.82, 2.24) is 4.98 Å². The monoisotopic (exact) mass is 248 g/mol. The van der Waals surface area contributed by atoms with E-state index >= 15 is 0 Å². The number of carboxylic acid groups (broad SMARTS) is 1. The van der Waals surface area contributed by atoms with Crippen LogP contribution >= 0.6 is 0 Å². The molecule has 98 valence electrons. The molecule has 4 nitrogen and oxygen atoms in total. The van der Waals surface area contributed by atoms with Gasteiger partial charge in [-0.1, -0.05) is 25.8 Å². The van der Waals surface area contributed by atoms with Gasteiger partial charge in [0.2, 0.25) is 0 Å². The topological polar surface area (TPSA) is 53.4 Å². The minimum atomic E-state index is -0.959. The van der Waals surface area contributed by atoms with Crippen LogP contribution in [-0.4, -0.2) is 28.6 Å². The highest BCUT2D eigenvalue weighted by atomic mass is 16.4. The van der Waals surface area contributed by atoms with Gasteiger partial charge in [-0.3, -0.25) is 0 Å². The van der Waals surface area contributed by atoms with Crippen LogP contribution in [0.25, 0.3) is 0 Å². The number of carbonyl (C=O) groups is 1. The molecule has 1 aromatic heterocycles. The van der Waals surface area contributed by atoms with Crippen molar-refractivity contribution in [1.29, 1.82) is 0 Å². The third kappa shape index (κ3) is 2.81. The molecular weight excluding hydrogens is 228 g/mol. The lowest BCUT2D eigenvalue weighted by molar-refractivity contribution is 0.0690. The lowest BCUT2D eigenvalue weighted by Gasteiger charge is -2.30. The molecule has 0 saturated carbocycles. The number of aromatic nitrogens is 1. The van der Waals surface area contributed by atoms with E-state index in [2.05, 4.69) is 16.8 Å². The second-order valence-electron chi connectivity index (χ2n) is 4.79. The van der Waals surface area contributed by atoms with Gasteiger partial charge in [-0.2, -0.15) is 0 Å². The molecule has 1 aromatic rings. The number of pyridine rings is 1. The maximum atomic E-state index is 11.0. The fraction of sp³-hybridized carbons (Fsp3) is 0.571. The summed E-state index contributed by atoms with van der Waals surface area (Å²) in [5, 5.41) is 9.01. The maximum Gasteiger partial charge on any atom is 0.354 e. The summed E-state index contributed by atoms with van der Waals surface area (Å²) < 4.78 is 0. The second kappa shape index (κ2) is 5.85. The number of rotatable bonds is 3. The zero-order valence-electron chi connectivity index (χ0n) is 10.8. The molecule has 18 heavy (non-hydrogen) atoms. The zero-order valence-corrected chi connectivity index (χ0v) is 10.8. The van der Waals surface area contributed by atoms with E-state index in [9.17, 15) is 4.79 Å².